The lowest BCUT2D eigenvalue weighted by Gasteiger charge is -2.13. The first-order chi connectivity index (χ1) is 7.63. The van der Waals surface area contributed by atoms with Crippen LogP contribution in [-0.4, -0.2) is 18.6 Å². The van der Waals surface area contributed by atoms with Crippen LogP contribution < -0.4 is 10.2 Å². The van der Waals surface area contributed by atoms with Crippen LogP contribution in [0.5, 0.6) is 5.75 Å². The number of carbonyl (C=O) groups excluding carboxylic acids is 1. The van der Waals surface area contributed by atoms with Crippen molar-refractivity contribution in [3.8, 4) is 5.75 Å². The van der Waals surface area contributed by atoms with Gasteiger partial charge in [0.15, 0.2) is 6.10 Å². The van der Waals surface area contributed by atoms with Gasteiger partial charge in [-0.05, 0) is 38.1 Å². The van der Waals surface area contributed by atoms with Crippen molar-refractivity contribution in [3.05, 3.63) is 30.1 Å². The lowest BCUT2D eigenvalue weighted by atomic mass is 10.3. The molecule has 4 nitrogen and oxygen atoms in total. The summed E-state index contributed by atoms with van der Waals surface area (Å²) in [7, 11) is 0. The summed E-state index contributed by atoms with van der Waals surface area (Å²) in [5, 5.41) is 0. The Bertz CT molecular complexity index is 340. The minimum atomic E-state index is -0.697. The third kappa shape index (κ3) is 3.86. The molecule has 0 aliphatic carbocycles. The van der Waals surface area contributed by atoms with Crippen molar-refractivity contribution in [2.24, 2.45) is 0 Å². The number of hydrogen-bond acceptors (Lipinski definition) is 3. The normalized spacial score (nSPS) is 11.9. The van der Waals surface area contributed by atoms with Gasteiger partial charge >= 0.3 is 0 Å². The Morgan fingerprint density at radius 1 is 1.44 bits per heavy atom. The second-order valence-corrected chi connectivity index (χ2v) is 3.11. The second-order valence-electron chi connectivity index (χ2n) is 3.11. The Hall–Kier alpha value is -1.62. The fourth-order valence-corrected chi connectivity index (χ4v) is 0.997. The molecule has 0 aromatic heterocycles. The van der Waals surface area contributed by atoms with Gasteiger partial charge in [-0.2, -0.15) is 0 Å². The fourth-order valence-electron chi connectivity index (χ4n) is 0.997. The van der Waals surface area contributed by atoms with E-state index in [1.807, 2.05) is 0 Å². The maximum Gasteiger partial charge on any atom is 0.284 e. The molecule has 0 aliphatic rings. The van der Waals surface area contributed by atoms with E-state index in [1.165, 1.54) is 24.3 Å². The first-order valence-electron chi connectivity index (χ1n) is 4.97. The summed E-state index contributed by atoms with van der Waals surface area (Å²) < 4.78 is 17.9. The molecule has 0 saturated heterocycles. The molecule has 0 fully saturated rings. The van der Waals surface area contributed by atoms with Gasteiger partial charge in [-0.3, -0.25) is 9.63 Å². The number of hydroxylamine groups is 1. The predicted molar refractivity (Wildman–Crippen MR) is 56.3 cm³/mol. The maximum atomic E-state index is 12.6. The standard InChI is InChI=1S/C11H14FNO3/c1-3-15-13-11(14)8(2)16-10-6-4-9(12)5-7-10/h4-8H,3H2,1-2H3,(H,13,14)/t8-/m1/s1. The van der Waals surface area contributed by atoms with Gasteiger partial charge in [-0.25, -0.2) is 9.87 Å². The molecule has 0 radical (unpaired) electrons. The first-order valence-corrected chi connectivity index (χ1v) is 4.97. The molecule has 0 bridgehead atoms. The van der Waals surface area contributed by atoms with Gasteiger partial charge in [0.25, 0.3) is 5.91 Å². The quantitative estimate of drug-likeness (QED) is 0.778. The molecule has 1 aromatic carbocycles. The van der Waals surface area contributed by atoms with Gasteiger partial charge in [0, 0.05) is 0 Å². The average Bonchev–Trinajstić information content (AvgIpc) is 2.29. The van der Waals surface area contributed by atoms with Crippen LogP contribution in [0, 0.1) is 5.82 Å². The van der Waals surface area contributed by atoms with Crippen LogP contribution in [0.4, 0.5) is 4.39 Å². The summed E-state index contributed by atoms with van der Waals surface area (Å²) >= 11 is 0. The lowest BCUT2D eigenvalue weighted by molar-refractivity contribution is -0.139. The third-order valence-electron chi connectivity index (χ3n) is 1.81. The summed E-state index contributed by atoms with van der Waals surface area (Å²) in [6, 6.07) is 5.45. The average molecular weight is 227 g/mol. The van der Waals surface area contributed by atoms with Crippen LogP contribution in [-0.2, 0) is 9.63 Å². The molecule has 1 aromatic rings. The van der Waals surface area contributed by atoms with Gasteiger partial charge in [-0.1, -0.05) is 0 Å². The van der Waals surface area contributed by atoms with Crippen molar-refractivity contribution < 1.29 is 18.8 Å². The molecule has 0 aliphatic heterocycles. The number of halogens is 1. The highest BCUT2D eigenvalue weighted by molar-refractivity contribution is 5.79. The van der Waals surface area contributed by atoms with Crippen LogP contribution in [0.15, 0.2) is 24.3 Å². The zero-order valence-corrected chi connectivity index (χ0v) is 9.20. The highest BCUT2D eigenvalue weighted by Gasteiger charge is 2.14. The van der Waals surface area contributed by atoms with Crippen LogP contribution >= 0.6 is 0 Å². The zero-order chi connectivity index (χ0) is 12.0. The van der Waals surface area contributed by atoms with Gasteiger partial charge in [0.1, 0.15) is 11.6 Å². The molecular weight excluding hydrogens is 213 g/mol. The molecule has 0 heterocycles. The van der Waals surface area contributed by atoms with E-state index in [9.17, 15) is 9.18 Å². The van der Waals surface area contributed by atoms with Gasteiger partial charge < -0.3 is 4.74 Å². The monoisotopic (exact) mass is 227 g/mol. The highest BCUT2D eigenvalue weighted by Crippen LogP contribution is 2.12. The Morgan fingerprint density at radius 2 is 2.06 bits per heavy atom. The Balaban J connectivity index is 2.47. The number of rotatable bonds is 5. The number of benzene rings is 1. The molecule has 88 valence electrons. The molecule has 1 N–H and O–H groups in total. The lowest BCUT2D eigenvalue weighted by Crippen LogP contribution is -2.36. The van der Waals surface area contributed by atoms with Crippen molar-refractivity contribution in [2.45, 2.75) is 20.0 Å². The van der Waals surface area contributed by atoms with E-state index in [4.69, 9.17) is 9.57 Å². The highest BCUT2D eigenvalue weighted by atomic mass is 19.1. The number of amides is 1. The van der Waals surface area contributed by atoms with E-state index in [-0.39, 0.29) is 11.7 Å². The molecule has 0 spiro atoms. The zero-order valence-electron chi connectivity index (χ0n) is 9.20. The van der Waals surface area contributed by atoms with Crippen LogP contribution in [0.25, 0.3) is 0 Å². The number of carbonyl (C=O) groups is 1. The van der Waals surface area contributed by atoms with E-state index >= 15 is 0 Å². The SMILES string of the molecule is CCONC(=O)[C@@H](C)Oc1ccc(F)cc1. The molecule has 16 heavy (non-hydrogen) atoms. The van der Waals surface area contributed by atoms with Gasteiger partial charge in [0.05, 0.1) is 6.61 Å². The minimum Gasteiger partial charge on any atom is -0.481 e. The molecule has 1 amide bonds. The molecule has 0 saturated carbocycles. The van der Waals surface area contributed by atoms with Crippen molar-refractivity contribution in [3.63, 3.8) is 0 Å². The van der Waals surface area contributed by atoms with Crippen molar-refractivity contribution >= 4 is 5.91 Å². The number of nitrogens with one attached hydrogen (secondary N) is 1. The van der Waals surface area contributed by atoms with E-state index < -0.39 is 6.10 Å². The van der Waals surface area contributed by atoms with Crippen LogP contribution in [0.3, 0.4) is 0 Å². The Labute approximate surface area is 93.3 Å². The predicted octanol–water partition coefficient (Wildman–Crippen LogP) is 1.66. The van der Waals surface area contributed by atoms with Crippen LogP contribution in [0.2, 0.25) is 0 Å². The minimum absolute atomic E-state index is 0.348. The summed E-state index contributed by atoms with van der Waals surface area (Å²) in [6.45, 7) is 3.72. The second kappa shape index (κ2) is 6.07. The van der Waals surface area contributed by atoms with Crippen LogP contribution in [0.1, 0.15) is 13.8 Å². The van der Waals surface area contributed by atoms with Crippen molar-refractivity contribution in [1.82, 2.24) is 5.48 Å². The molecular formula is C11H14FNO3. The molecule has 5 heteroatoms. The summed E-state index contributed by atoms with van der Waals surface area (Å²) in [4.78, 5) is 16.1. The van der Waals surface area contributed by atoms with Crippen molar-refractivity contribution in [1.29, 1.82) is 0 Å². The fraction of sp³-hybridized carbons (Fsp3) is 0.364. The smallest absolute Gasteiger partial charge is 0.284 e. The topological polar surface area (TPSA) is 47.6 Å². The molecule has 1 rings (SSSR count). The van der Waals surface area contributed by atoms with Gasteiger partial charge in [0.2, 0.25) is 0 Å². The van der Waals surface area contributed by atoms with Crippen molar-refractivity contribution in [2.75, 3.05) is 6.61 Å². The molecule has 0 unspecified atom stereocenters. The summed E-state index contributed by atoms with van der Waals surface area (Å²) in [6.07, 6.45) is -0.697. The summed E-state index contributed by atoms with van der Waals surface area (Å²) in [5.41, 5.74) is 2.23. The number of ether oxygens (including phenoxy) is 1. The first kappa shape index (κ1) is 12.4. The third-order valence-corrected chi connectivity index (χ3v) is 1.81. The Kier molecular flexibility index (Phi) is 4.72. The number of hydrogen-bond donors (Lipinski definition) is 1. The molecule has 1 atom stereocenters. The van der Waals surface area contributed by atoms with E-state index in [2.05, 4.69) is 5.48 Å². The Morgan fingerprint density at radius 3 is 2.62 bits per heavy atom. The van der Waals surface area contributed by atoms with E-state index in [1.54, 1.807) is 13.8 Å². The van der Waals surface area contributed by atoms with Gasteiger partial charge in [-0.15, -0.1) is 0 Å². The van der Waals surface area contributed by atoms with E-state index in [0.717, 1.165) is 0 Å². The maximum absolute atomic E-state index is 12.6. The largest absolute Gasteiger partial charge is 0.481 e. The van der Waals surface area contributed by atoms with E-state index in [0.29, 0.717) is 12.4 Å². The summed E-state index contributed by atoms with van der Waals surface area (Å²) in [5.74, 6) is -0.300.